The van der Waals surface area contributed by atoms with E-state index in [1.807, 2.05) is 0 Å². The Labute approximate surface area is 86.3 Å². The van der Waals surface area contributed by atoms with Gasteiger partial charge < -0.3 is 4.43 Å². The highest BCUT2D eigenvalue weighted by atomic mass is 35.5. The molecule has 2 heterocycles. The molecule has 2 fully saturated rings. The molecule has 0 amide bonds. The van der Waals surface area contributed by atoms with E-state index in [0.717, 1.165) is 6.54 Å². The van der Waals surface area contributed by atoms with Crippen molar-refractivity contribution >= 4 is 19.9 Å². The molecule has 0 aromatic heterocycles. The van der Waals surface area contributed by atoms with Gasteiger partial charge in [-0.15, -0.1) is 11.6 Å². The van der Waals surface area contributed by atoms with Gasteiger partial charge in [0.2, 0.25) is 0 Å². The predicted octanol–water partition coefficient (Wildman–Crippen LogP) is 2.11. The largest absolute Gasteiger partial charge is 0.413 e. The number of piperidine rings is 1. The quantitative estimate of drug-likeness (QED) is 0.401. The van der Waals surface area contributed by atoms with Gasteiger partial charge in [-0.05, 0) is 26.1 Å². The van der Waals surface area contributed by atoms with Crippen LogP contribution in [0.5, 0.6) is 0 Å². The number of hydrogen-bond donors (Lipinski definition) is 0. The summed E-state index contributed by atoms with van der Waals surface area (Å²) in [6, 6.07) is 0. The Morgan fingerprint density at radius 2 is 2.08 bits per heavy atom. The van der Waals surface area contributed by atoms with Crippen molar-refractivity contribution in [3.63, 3.8) is 0 Å². The summed E-state index contributed by atoms with van der Waals surface area (Å²) >= 11 is 6.26. The van der Waals surface area contributed by atoms with Crippen LogP contribution < -0.4 is 0 Å². The van der Waals surface area contributed by atoms with Crippen molar-refractivity contribution in [1.29, 1.82) is 0 Å². The normalized spacial score (nSPS) is 44.3. The first-order valence-corrected chi connectivity index (χ1v) is 8.88. The van der Waals surface area contributed by atoms with Gasteiger partial charge >= 0.3 is 0 Å². The molecule has 0 aromatic rings. The van der Waals surface area contributed by atoms with Crippen LogP contribution in [-0.2, 0) is 4.43 Å². The average molecular weight is 220 g/mol. The monoisotopic (exact) mass is 219 g/mol. The van der Waals surface area contributed by atoms with Gasteiger partial charge in [-0.3, -0.25) is 4.90 Å². The van der Waals surface area contributed by atoms with Crippen LogP contribution in [0.3, 0.4) is 0 Å². The molecular formula is C9H18ClNOSi. The van der Waals surface area contributed by atoms with Gasteiger partial charge in [-0.25, -0.2) is 0 Å². The first-order chi connectivity index (χ1) is 5.97. The van der Waals surface area contributed by atoms with Gasteiger partial charge in [0, 0.05) is 19.0 Å². The minimum atomic E-state index is -1.37. The molecule has 2 rings (SSSR count). The Bertz CT molecular complexity index is 206. The van der Waals surface area contributed by atoms with Gasteiger partial charge in [0.1, 0.15) is 0 Å². The number of alkyl halides is 1. The molecule has 0 aromatic carbocycles. The molecule has 76 valence electrons. The molecule has 13 heavy (non-hydrogen) atoms. The van der Waals surface area contributed by atoms with E-state index < -0.39 is 8.32 Å². The van der Waals surface area contributed by atoms with E-state index in [1.165, 1.54) is 13.0 Å². The molecule has 2 bridgehead atoms. The van der Waals surface area contributed by atoms with Crippen LogP contribution >= 0.6 is 11.6 Å². The zero-order valence-electron chi connectivity index (χ0n) is 8.59. The number of hydrogen-bond acceptors (Lipinski definition) is 2. The van der Waals surface area contributed by atoms with Crippen molar-refractivity contribution in [2.24, 2.45) is 5.92 Å². The van der Waals surface area contributed by atoms with E-state index >= 15 is 0 Å². The predicted molar refractivity (Wildman–Crippen MR) is 57.5 cm³/mol. The van der Waals surface area contributed by atoms with Crippen molar-refractivity contribution in [3.8, 4) is 0 Å². The molecule has 0 radical (unpaired) electrons. The van der Waals surface area contributed by atoms with Crippen molar-refractivity contribution in [3.05, 3.63) is 0 Å². The Morgan fingerprint density at radius 1 is 1.38 bits per heavy atom. The SMILES string of the molecule is C[Si](C)(C)O[C@H]1CN2CC[C@H]1C2Cl. The molecule has 2 saturated heterocycles. The third-order valence-electron chi connectivity index (χ3n) is 2.85. The van der Waals surface area contributed by atoms with Crippen molar-refractivity contribution in [2.45, 2.75) is 37.7 Å². The first kappa shape index (κ1) is 9.96. The summed E-state index contributed by atoms with van der Waals surface area (Å²) in [5, 5.41) is 0. The van der Waals surface area contributed by atoms with Crippen LogP contribution in [0.4, 0.5) is 0 Å². The summed E-state index contributed by atoms with van der Waals surface area (Å²) in [7, 11) is -1.37. The topological polar surface area (TPSA) is 12.5 Å². The minimum absolute atomic E-state index is 0.251. The van der Waals surface area contributed by atoms with Crippen LogP contribution in [0, 0.1) is 5.92 Å². The second-order valence-electron chi connectivity index (χ2n) is 5.09. The fourth-order valence-corrected chi connectivity index (χ4v) is 3.97. The van der Waals surface area contributed by atoms with E-state index in [0.29, 0.717) is 12.0 Å². The Balaban J connectivity index is 1.97. The van der Waals surface area contributed by atoms with Crippen LogP contribution in [0.2, 0.25) is 19.6 Å². The highest BCUT2D eigenvalue weighted by Gasteiger charge is 2.47. The molecule has 2 aliphatic rings. The molecule has 0 aliphatic carbocycles. The second kappa shape index (κ2) is 3.23. The highest BCUT2D eigenvalue weighted by Crippen LogP contribution is 2.39. The molecule has 4 heteroatoms. The van der Waals surface area contributed by atoms with Crippen LogP contribution in [-0.4, -0.2) is 37.9 Å². The number of halogens is 1. The van der Waals surface area contributed by atoms with Crippen LogP contribution in [0.1, 0.15) is 6.42 Å². The third kappa shape index (κ3) is 1.93. The van der Waals surface area contributed by atoms with Gasteiger partial charge in [-0.1, -0.05) is 0 Å². The lowest BCUT2D eigenvalue weighted by molar-refractivity contribution is 0.134. The van der Waals surface area contributed by atoms with E-state index in [4.69, 9.17) is 16.0 Å². The number of nitrogens with zero attached hydrogens (tertiary/aromatic N) is 1. The average Bonchev–Trinajstić information content (AvgIpc) is 2.42. The van der Waals surface area contributed by atoms with Crippen molar-refractivity contribution in [2.75, 3.05) is 13.1 Å². The Hall–Kier alpha value is 0.427. The fourth-order valence-electron chi connectivity index (χ4n) is 2.35. The summed E-state index contributed by atoms with van der Waals surface area (Å²) in [5.41, 5.74) is 0.251. The molecule has 0 saturated carbocycles. The maximum absolute atomic E-state index is 6.26. The second-order valence-corrected chi connectivity index (χ2v) is 10.00. The summed E-state index contributed by atoms with van der Waals surface area (Å²) in [6.45, 7) is 8.97. The smallest absolute Gasteiger partial charge is 0.184 e. The lowest BCUT2D eigenvalue weighted by atomic mass is 10.0. The molecule has 2 nitrogen and oxygen atoms in total. The zero-order valence-corrected chi connectivity index (χ0v) is 10.3. The van der Waals surface area contributed by atoms with Gasteiger partial charge in [0.05, 0.1) is 11.6 Å². The molecule has 2 aliphatic heterocycles. The van der Waals surface area contributed by atoms with Crippen molar-refractivity contribution in [1.82, 2.24) is 4.90 Å². The maximum atomic E-state index is 6.26. The Kier molecular flexibility index (Phi) is 2.47. The first-order valence-electron chi connectivity index (χ1n) is 5.03. The molecule has 0 N–H and O–H groups in total. The molecule has 0 spiro atoms. The lowest BCUT2D eigenvalue weighted by Crippen LogP contribution is -2.38. The third-order valence-corrected chi connectivity index (χ3v) is 4.46. The standard InChI is InChI=1S/C9H18ClNOSi/c1-13(2,3)12-8-6-11-5-4-7(8)9(11)10/h7-9H,4-6H2,1-3H3/t7-,8+,9?/m1/s1. The van der Waals surface area contributed by atoms with Gasteiger partial charge in [0.15, 0.2) is 8.32 Å². The van der Waals surface area contributed by atoms with Crippen LogP contribution in [0.25, 0.3) is 0 Å². The number of rotatable bonds is 2. The van der Waals surface area contributed by atoms with E-state index in [1.54, 1.807) is 0 Å². The zero-order chi connectivity index (χ0) is 9.64. The molecule has 4 atom stereocenters. The minimum Gasteiger partial charge on any atom is -0.413 e. The molecule has 2 unspecified atom stereocenters. The van der Waals surface area contributed by atoms with Crippen LogP contribution in [0.15, 0.2) is 0 Å². The van der Waals surface area contributed by atoms with Crippen molar-refractivity contribution < 1.29 is 4.43 Å². The fraction of sp³-hybridized carbons (Fsp3) is 1.00. The van der Waals surface area contributed by atoms with E-state index in [-0.39, 0.29) is 5.50 Å². The van der Waals surface area contributed by atoms with E-state index in [9.17, 15) is 0 Å². The highest BCUT2D eigenvalue weighted by molar-refractivity contribution is 6.69. The van der Waals surface area contributed by atoms with Gasteiger partial charge in [0.25, 0.3) is 0 Å². The maximum Gasteiger partial charge on any atom is 0.184 e. The summed E-state index contributed by atoms with van der Waals surface area (Å²) in [6.07, 6.45) is 1.64. The molecular weight excluding hydrogens is 202 g/mol. The van der Waals surface area contributed by atoms with E-state index in [2.05, 4.69) is 24.5 Å². The summed E-state index contributed by atoms with van der Waals surface area (Å²) < 4.78 is 6.12. The summed E-state index contributed by atoms with van der Waals surface area (Å²) in [4.78, 5) is 2.34. The number of fused-ring (bicyclic) bond motifs is 2. The van der Waals surface area contributed by atoms with Gasteiger partial charge in [-0.2, -0.15) is 0 Å². The lowest BCUT2D eigenvalue weighted by Gasteiger charge is -2.29. The summed E-state index contributed by atoms with van der Waals surface area (Å²) in [5.74, 6) is 0.591. The Morgan fingerprint density at radius 3 is 2.46 bits per heavy atom.